The Balaban J connectivity index is 1.10. The minimum absolute atomic E-state index is 0.00440. The van der Waals surface area contributed by atoms with E-state index in [-0.39, 0.29) is 35.1 Å². The van der Waals surface area contributed by atoms with Crippen LogP contribution in [0, 0.1) is 5.92 Å². The molecule has 0 unspecified atom stereocenters. The maximum Gasteiger partial charge on any atom is 0.289 e. The smallest absolute Gasteiger partial charge is 0.289 e. The first kappa shape index (κ1) is 33.9. The predicted molar refractivity (Wildman–Crippen MR) is 184 cm³/mol. The number of likely N-dealkylation sites (tertiary alicyclic amines) is 2. The van der Waals surface area contributed by atoms with E-state index < -0.39 is 0 Å². The quantitative estimate of drug-likeness (QED) is 0.317. The number of amides is 2. The molecule has 0 aliphatic carbocycles. The summed E-state index contributed by atoms with van der Waals surface area (Å²) in [5.41, 5.74) is 2.85. The first-order valence-corrected chi connectivity index (χ1v) is 17.5. The van der Waals surface area contributed by atoms with E-state index in [4.69, 9.17) is 0 Å². The fourth-order valence-electron chi connectivity index (χ4n) is 7.45. The molecular weight excluding hydrogens is 608 g/mol. The molecule has 6 rings (SSSR count). The van der Waals surface area contributed by atoms with Gasteiger partial charge in [-0.25, -0.2) is 0 Å². The van der Waals surface area contributed by atoms with E-state index in [1.165, 1.54) is 19.0 Å². The summed E-state index contributed by atoms with van der Waals surface area (Å²) in [5, 5.41) is 32.5. The second-order valence-corrected chi connectivity index (χ2v) is 13.9. The second kappa shape index (κ2) is 14.6. The normalized spacial score (nSPS) is 20.1. The molecule has 1 atom stereocenters. The lowest BCUT2D eigenvalue weighted by molar-refractivity contribution is -0.139. The third kappa shape index (κ3) is 7.20. The zero-order chi connectivity index (χ0) is 33.9. The molecule has 3 aromatic rings. The molecule has 3 fully saturated rings. The second-order valence-electron chi connectivity index (χ2n) is 13.9. The van der Waals surface area contributed by atoms with Crippen LogP contribution in [0.3, 0.4) is 0 Å². The highest BCUT2D eigenvalue weighted by molar-refractivity contribution is 5.92. The number of aromatic hydroxyl groups is 2. The Bertz CT molecular complexity index is 1590. The number of benzene rings is 2. The highest BCUT2D eigenvalue weighted by Gasteiger charge is 2.33. The topological polar surface area (TPSA) is 130 Å². The number of rotatable bonds is 9. The molecule has 1 aromatic heterocycles. The van der Waals surface area contributed by atoms with E-state index in [0.29, 0.717) is 41.1 Å². The third-order valence-corrected chi connectivity index (χ3v) is 10.3. The number of piperidine rings is 1. The molecule has 0 saturated carbocycles. The highest BCUT2D eigenvalue weighted by atomic mass is 16.3. The van der Waals surface area contributed by atoms with Crippen LogP contribution in [0.15, 0.2) is 36.4 Å². The lowest BCUT2D eigenvalue weighted by atomic mass is 9.94. The molecule has 3 saturated heterocycles. The van der Waals surface area contributed by atoms with E-state index in [0.717, 1.165) is 70.8 Å². The monoisotopic (exact) mass is 658 g/mol. The van der Waals surface area contributed by atoms with Crippen molar-refractivity contribution in [3.63, 3.8) is 0 Å². The van der Waals surface area contributed by atoms with Crippen LogP contribution in [-0.4, -0.2) is 128 Å². The van der Waals surface area contributed by atoms with Gasteiger partial charge in [0.2, 0.25) is 11.7 Å². The fourth-order valence-corrected chi connectivity index (χ4v) is 7.45. The largest absolute Gasteiger partial charge is 0.508 e. The van der Waals surface area contributed by atoms with Gasteiger partial charge in [-0.15, -0.1) is 10.2 Å². The van der Waals surface area contributed by atoms with Gasteiger partial charge in [0.25, 0.3) is 5.91 Å². The first-order chi connectivity index (χ1) is 23.1. The maximum atomic E-state index is 13.4. The van der Waals surface area contributed by atoms with Gasteiger partial charge in [-0.2, -0.15) is 0 Å². The number of carbonyl (C=O) groups excluding carboxylic acids is 2. The summed E-state index contributed by atoms with van der Waals surface area (Å²) in [6.45, 7) is 14.6. The minimum atomic E-state index is -0.372. The van der Waals surface area contributed by atoms with Crippen LogP contribution in [0.25, 0.3) is 17.1 Å². The number of likely N-dealkylation sites (N-methyl/N-ethyl adjacent to an activating group) is 1. The molecule has 0 radical (unpaired) electrons. The standard InChI is InChI=1S/C36H50N8O4/c1-5-37-35(47)34-39-38-33(30-20-29(24(2)3)31(45)21-32(30)46)44(34)27-8-6-25(7-9-27)22-41-14-10-26(11-15-41)36(48)43-18-16-42(17-19-43)28-12-13-40(4)23-28/h6-9,20-21,24,26,28,45-46H,5,10-19,22-23H2,1-4H3,(H,37,47)/t28-/m0/s1. The van der Waals surface area contributed by atoms with Gasteiger partial charge in [0.05, 0.1) is 5.56 Å². The fraction of sp³-hybridized carbons (Fsp3) is 0.556. The van der Waals surface area contributed by atoms with Crippen molar-refractivity contribution >= 4 is 11.8 Å². The van der Waals surface area contributed by atoms with Gasteiger partial charge >= 0.3 is 0 Å². The number of aromatic nitrogens is 3. The van der Waals surface area contributed by atoms with Crippen molar-refractivity contribution in [3.8, 4) is 28.6 Å². The number of carbonyl (C=O) groups is 2. The molecule has 258 valence electrons. The highest BCUT2D eigenvalue weighted by Crippen LogP contribution is 2.38. The van der Waals surface area contributed by atoms with Crippen molar-refractivity contribution in [2.24, 2.45) is 5.92 Å². The van der Waals surface area contributed by atoms with E-state index in [1.807, 2.05) is 45.0 Å². The van der Waals surface area contributed by atoms with Crippen LogP contribution >= 0.6 is 0 Å². The zero-order valence-corrected chi connectivity index (χ0v) is 28.7. The van der Waals surface area contributed by atoms with Crippen LogP contribution in [0.1, 0.15) is 67.7 Å². The lowest BCUT2D eigenvalue weighted by Gasteiger charge is -2.40. The molecule has 3 N–H and O–H groups in total. The van der Waals surface area contributed by atoms with Gasteiger partial charge in [-0.1, -0.05) is 26.0 Å². The average Bonchev–Trinajstić information content (AvgIpc) is 3.72. The van der Waals surface area contributed by atoms with E-state index >= 15 is 0 Å². The number of phenolic OH excluding ortho intramolecular Hbond substituents is 2. The Hall–Kier alpha value is -4.00. The molecule has 12 nitrogen and oxygen atoms in total. The molecule has 0 bridgehead atoms. The summed E-state index contributed by atoms with van der Waals surface area (Å²) in [5.74, 6) is 0.334. The van der Waals surface area contributed by atoms with Gasteiger partial charge in [-0.05, 0) is 88.1 Å². The number of hydrogen-bond donors (Lipinski definition) is 3. The van der Waals surface area contributed by atoms with Gasteiger partial charge in [0.1, 0.15) is 11.5 Å². The van der Waals surface area contributed by atoms with Crippen LogP contribution in [0.5, 0.6) is 11.5 Å². The summed E-state index contributed by atoms with van der Waals surface area (Å²) in [4.78, 5) is 35.9. The molecule has 3 aliphatic heterocycles. The number of phenols is 2. The summed E-state index contributed by atoms with van der Waals surface area (Å²) >= 11 is 0. The number of piperazine rings is 1. The van der Waals surface area contributed by atoms with Gasteiger partial charge in [-0.3, -0.25) is 24.0 Å². The van der Waals surface area contributed by atoms with Crippen molar-refractivity contribution in [2.45, 2.75) is 58.5 Å². The van der Waals surface area contributed by atoms with Crippen LogP contribution in [0.4, 0.5) is 0 Å². The van der Waals surface area contributed by atoms with Crippen molar-refractivity contribution in [3.05, 3.63) is 53.3 Å². The first-order valence-electron chi connectivity index (χ1n) is 17.5. The summed E-state index contributed by atoms with van der Waals surface area (Å²) in [7, 11) is 2.19. The average molecular weight is 659 g/mol. The molecule has 3 aliphatic rings. The van der Waals surface area contributed by atoms with Crippen molar-refractivity contribution < 1.29 is 19.8 Å². The number of nitrogens with one attached hydrogen (secondary N) is 1. The van der Waals surface area contributed by atoms with E-state index in [9.17, 15) is 19.8 Å². The third-order valence-electron chi connectivity index (χ3n) is 10.3. The molecule has 2 amide bonds. The van der Waals surface area contributed by atoms with Gasteiger partial charge < -0.3 is 25.3 Å². The van der Waals surface area contributed by atoms with Crippen LogP contribution < -0.4 is 5.32 Å². The Labute approximate surface area is 283 Å². The van der Waals surface area contributed by atoms with E-state index in [2.05, 4.69) is 42.2 Å². The van der Waals surface area contributed by atoms with Crippen molar-refractivity contribution in [1.29, 1.82) is 0 Å². The Morgan fingerprint density at radius 1 is 0.917 bits per heavy atom. The van der Waals surface area contributed by atoms with Gasteiger partial charge in [0.15, 0.2) is 5.82 Å². The minimum Gasteiger partial charge on any atom is -0.508 e. The lowest BCUT2D eigenvalue weighted by Crippen LogP contribution is -2.54. The number of hydrogen-bond acceptors (Lipinski definition) is 9. The van der Waals surface area contributed by atoms with Gasteiger partial charge in [0, 0.05) is 69.5 Å². The predicted octanol–water partition coefficient (Wildman–Crippen LogP) is 3.28. The SMILES string of the molecule is CCNC(=O)c1nnc(-c2cc(C(C)C)c(O)cc2O)n1-c1ccc(CN2CCC(C(=O)N3CCN([C@H]4CCN(C)C4)CC3)CC2)cc1. The Morgan fingerprint density at radius 2 is 1.62 bits per heavy atom. The maximum absolute atomic E-state index is 13.4. The van der Waals surface area contributed by atoms with Crippen molar-refractivity contribution in [2.75, 3.05) is 66.0 Å². The summed E-state index contributed by atoms with van der Waals surface area (Å²) < 4.78 is 1.65. The Kier molecular flexibility index (Phi) is 10.3. The summed E-state index contributed by atoms with van der Waals surface area (Å²) in [6.07, 6.45) is 2.98. The zero-order valence-electron chi connectivity index (χ0n) is 28.7. The van der Waals surface area contributed by atoms with Crippen LogP contribution in [0.2, 0.25) is 0 Å². The molecular formula is C36H50N8O4. The van der Waals surface area contributed by atoms with Crippen molar-refractivity contribution in [1.82, 2.24) is 39.7 Å². The Morgan fingerprint density at radius 3 is 2.25 bits per heavy atom. The molecule has 4 heterocycles. The van der Waals surface area contributed by atoms with Crippen LogP contribution in [-0.2, 0) is 11.3 Å². The number of nitrogens with zero attached hydrogens (tertiary/aromatic N) is 7. The summed E-state index contributed by atoms with van der Waals surface area (Å²) in [6, 6.07) is 11.6. The molecule has 48 heavy (non-hydrogen) atoms. The molecule has 2 aromatic carbocycles. The van der Waals surface area contributed by atoms with E-state index in [1.54, 1.807) is 10.6 Å². The molecule has 0 spiro atoms. The molecule has 12 heteroatoms.